The maximum atomic E-state index is 12.7. The van der Waals surface area contributed by atoms with Crippen LogP contribution in [0.1, 0.15) is 44.9 Å². The van der Waals surface area contributed by atoms with E-state index in [2.05, 4.69) is 5.32 Å². The molecule has 136 valence electrons. The Labute approximate surface area is 138 Å². The summed E-state index contributed by atoms with van der Waals surface area (Å²) in [4.78, 5) is 24.4. The first kappa shape index (κ1) is 17.5. The second-order valence-electron chi connectivity index (χ2n) is 7.45. The first-order chi connectivity index (χ1) is 11.3. The number of halogens is 3. The van der Waals surface area contributed by atoms with Crippen LogP contribution in [-0.2, 0) is 9.59 Å². The number of nitrogens with two attached hydrogens (primary N) is 1. The second-order valence-corrected chi connectivity index (χ2v) is 7.45. The van der Waals surface area contributed by atoms with Gasteiger partial charge in [0.2, 0.25) is 11.8 Å². The van der Waals surface area contributed by atoms with Crippen LogP contribution in [0.4, 0.5) is 13.2 Å². The maximum Gasteiger partial charge on any atom is 0.408 e. The summed E-state index contributed by atoms with van der Waals surface area (Å²) < 4.78 is 38.0. The standard InChI is InChI=1S/C16H24F3N3O2/c17-16(18,19)12-5-4-11(14(23)21-12)15(24)22-13-8-2-1-3-9(13)7-10(20)6-8/h8-13H,1-7,20H2,(H,21,23)(H,22,24). The lowest BCUT2D eigenvalue weighted by atomic mass is 9.67. The molecule has 3 aliphatic rings. The van der Waals surface area contributed by atoms with Crippen molar-refractivity contribution in [2.75, 3.05) is 0 Å². The Morgan fingerprint density at radius 2 is 1.75 bits per heavy atom. The highest BCUT2D eigenvalue weighted by Gasteiger charge is 2.47. The van der Waals surface area contributed by atoms with Gasteiger partial charge >= 0.3 is 6.18 Å². The van der Waals surface area contributed by atoms with Gasteiger partial charge in [-0.2, -0.15) is 13.2 Å². The zero-order chi connectivity index (χ0) is 17.5. The third-order valence-electron chi connectivity index (χ3n) is 5.77. The van der Waals surface area contributed by atoms with Gasteiger partial charge in [0.25, 0.3) is 0 Å². The molecule has 4 unspecified atom stereocenters. The zero-order valence-electron chi connectivity index (χ0n) is 13.4. The van der Waals surface area contributed by atoms with E-state index >= 15 is 0 Å². The van der Waals surface area contributed by atoms with Gasteiger partial charge in [-0.1, -0.05) is 6.42 Å². The highest BCUT2D eigenvalue weighted by atomic mass is 19.4. The number of hydrogen-bond acceptors (Lipinski definition) is 3. The van der Waals surface area contributed by atoms with Crippen molar-refractivity contribution in [3.63, 3.8) is 0 Å². The third-order valence-corrected chi connectivity index (χ3v) is 5.77. The molecule has 2 bridgehead atoms. The van der Waals surface area contributed by atoms with Crippen LogP contribution in [0.15, 0.2) is 0 Å². The van der Waals surface area contributed by atoms with E-state index in [9.17, 15) is 22.8 Å². The molecule has 2 aliphatic carbocycles. The molecule has 4 N–H and O–H groups in total. The molecule has 3 fully saturated rings. The Balaban J connectivity index is 1.60. The van der Waals surface area contributed by atoms with Crippen LogP contribution >= 0.6 is 0 Å². The van der Waals surface area contributed by atoms with Crippen molar-refractivity contribution in [2.24, 2.45) is 23.5 Å². The number of fused-ring (bicyclic) bond motifs is 2. The fourth-order valence-electron chi connectivity index (χ4n) is 4.59. The van der Waals surface area contributed by atoms with Crippen molar-refractivity contribution in [3.05, 3.63) is 0 Å². The fraction of sp³-hybridized carbons (Fsp3) is 0.875. The summed E-state index contributed by atoms with van der Waals surface area (Å²) in [6.45, 7) is 0. The van der Waals surface area contributed by atoms with Gasteiger partial charge in [-0.3, -0.25) is 9.59 Å². The van der Waals surface area contributed by atoms with Crippen molar-refractivity contribution in [3.8, 4) is 0 Å². The van der Waals surface area contributed by atoms with Gasteiger partial charge in [-0.25, -0.2) is 0 Å². The lowest BCUT2D eigenvalue weighted by molar-refractivity contribution is -0.171. The summed E-state index contributed by atoms with van der Waals surface area (Å²) in [5, 5.41) is 4.90. The van der Waals surface area contributed by atoms with Crippen LogP contribution in [0.5, 0.6) is 0 Å². The lowest BCUT2D eigenvalue weighted by Gasteiger charge is -2.45. The topological polar surface area (TPSA) is 84.2 Å². The van der Waals surface area contributed by atoms with Crippen molar-refractivity contribution in [1.82, 2.24) is 10.6 Å². The number of nitrogens with one attached hydrogen (secondary N) is 2. The highest BCUT2D eigenvalue weighted by Crippen LogP contribution is 2.40. The van der Waals surface area contributed by atoms with Gasteiger partial charge in [0.1, 0.15) is 12.0 Å². The Morgan fingerprint density at radius 3 is 2.29 bits per heavy atom. The minimum atomic E-state index is -4.46. The van der Waals surface area contributed by atoms with E-state index < -0.39 is 30.0 Å². The molecule has 0 radical (unpaired) electrons. The zero-order valence-corrected chi connectivity index (χ0v) is 13.4. The molecule has 4 atom stereocenters. The average molecular weight is 347 g/mol. The molecule has 2 amide bonds. The number of hydrogen-bond donors (Lipinski definition) is 3. The number of piperidine rings is 1. The Bertz CT molecular complexity index is 497. The maximum absolute atomic E-state index is 12.7. The van der Waals surface area contributed by atoms with Gasteiger partial charge in [0.15, 0.2) is 0 Å². The van der Waals surface area contributed by atoms with Crippen molar-refractivity contribution in [1.29, 1.82) is 0 Å². The molecule has 1 aliphatic heterocycles. The van der Waals surface area contributed by atoms with E-state index in [1.54, 1.807) is 0 Å². The molecule has 0 spiro atoms. The normalized spacial score (nSPS) is 39.9. The summed E-state index contributed by atoms with van der Waals surface area (Å²) in [5.74, 6) is -1.67. The molecule has 2 saturated carbocycles. The summed E-state index contributed by atoms with van der Waals surface area (Å²) in [6, 6.07) is -1.70. The molecule has 1 heterocycles. The minimum Gasteiger partial charge on any atom is -0.352 e. The van der Waals surface area contributed by atoms with E-state index in [1.165, 1.54) is 0 Å². The highest BCUT2D eigenvalue weighted by molar-refractivity contribution is 6.01. The Kier molecular flexibility index (Phi) is 4.77. The second kappa shape index (κ2) is 6.54. The van der Waals surface area contributed by atoms with Crippen molar-refractivity contribution >= 4 is 11.8 Å². The molecular weight excluding hydrogens is 323 g/mol. The number of rotatable bonds is 2. The predicted octanol–water partition coefficient (Wildman–Crippen LogP) is 1.47. The van der Waals surface area contributed by atoms with Gasteiger partial charge < -0.3 is 16.4 Å². The first-order valence-electron chi connectivity index (χ1n) is 8.68. The summed E-state index contributed by atoms with van der Waals surface area (Å²) >= 11 is 0. The lowest BCUT2D eigenvalue weighted by Crippen LogP contribution is -2.58. The Hall–Kier alpha value is -1.31. The minimum absolute atomic E-state index is 0.000750. The first-order valence-corrected chi connectivity index (χ1v) is 8.68. The fourth-order valence-corrected chi connectivity index (χ4v) is 4.59. The SMILES string of the molecule is NC1CC2CCCC(C1)C2NC(=O)C1CCC(C(F)(F)F)NC1=O. The molecule has 3 rings (SSSR count). The van der Waals surface area contributed by atoms with Gasteiger partial charge in [-0.05, 0) is 50.4 Å². The third kappa shape index (κ3) is 3.53. The van der Waals surface area contributed by atoms with Crippen molar-refractivity contribution < 1.29 is 22.8 Å². The summed E-state index contributed by atoms with van der Waals surface area (Å²) in [6.07, 6.45) is 0.0472. The van der Waals surface area contributed by atoms with Crippen LogP contribution in [0.25, 0.3) is 0 Å². The largest absolute Gasteiger partial charge is 0.408 e. The smallest absolute Gasteiger partial charge is 0.352 e. The molecule has 0 aromatic heterocycles. The summed E-state index contributed by atoms with van der Waals surface area (Å²) in [7, 11) is 0. The molecule has 8 heteroatoms. The van der Waals surface area contributed by atoms with E-state index in [4.69, 9.17) is 5.73 Å². The van der Waals surface area contributed by atoms with E-state index in [0.29, 0.717) is 11.8 Å². The molecule has 0 aromatic carbocycles. The molecule has 1 saturated heterocycles. The quantitative estimate of drug-likeness (QED) is 0.662. The van der Waals surface area contributed by atoms with Crippen LogP contribution in [0, 0.1) is 17.8 Å². The monoisotopic (exact) mass is 347 g/mol. The van der Waals surface area contributed by atoms with E-state index in [1.807, 2.05) is 5.32 Å². The molecular formula is C16H24F3N3O2. The van der Waals surface area contributed by atoms with Crippen LogP contribution in [0.2, 0.25) is 0 Å². The van der Waals surface area contributed by atoms with E-state index in [0.717, 1.165) is 32.1 Å². The predicted molar refractivity (Wildman–Crippen MR) is 80.7 cm³/mol. The Morgan fingerprint density at radius 1 is 1.12 bits per heavy atom. The number of alkyl halides is 3. The average Bonchev–Trinajstić information content (AvgIpc) is 2.47. The van der Waals surface area contributed by atoms with Crippen molar-refractivity contribution in [2.45, 2.75) is 69.2 Å². The number of carbonyl (C=O) groups excluding carboxylic acids is 2. The molecule has 5 nitrogen and oxygen atoms in total. The summed E-state index contributed by atoms with van der Waals surface area (Å²) in [5.41, 5.74) is 6.06. The van der Waals surface area contributed by atoms with Crippen LogP contribution in [-0.4, -0.2) is 36.1 Å². The van der Waals surface area contributed by atoms with Crippen LogP contribution in [0.3, 0.4) is 0 Å². The van der Waals surface area contributed by atoms with Gasteiger partial charge in [0.05, 0.1) is 0 Å². The molecule has 0 aromatic rings. The van der Waals surface area contributed by atoms with E-state index in [-0.39, 0.29) is 24.9 Å². The van der Waals surface area contributed by atoms with Crippen LogP contribution < -0.4 is 16.4 Å². The number of amides is 2. The van der Waals surface area contributed by atoms with Gasteiger partial charge in [0, 0.05) is 12.1 Å². The molecule has 24 heavy (non-hydrogen) atoms. The van der Waals surface area contributed by atoms with Gasteiger partial charge in [-0.15, -0.1) is 0 Å². The number of carbonyl (C=O) groups is 2.